The Bertz CT molecular complexity index is 953. The van der Waals surface area contributed by atoms with Crippen LogP contribution in [0.3, 0.4) is 0 Å². The number of carbonyl (C=O) groups excluding carboxylic acids is 1. The van der Waals surface area contributed by atoms with Gasteiger partial charge in [-0.05, 0) is 49.0 Å². The van der Waals surface area contributed by atoms with Crippen molar-refractivity contribution in [3.05, 3.63) is 53.1 Å². The van der Waals surface area contributed by atoms with Gasteiger partial charge in [0.1, 0.15) is 0 Å². The molecule has 1 aliphatic rings. The maximum atomic E-state index is 12.6. The molecular weight excluding hydrogens is 398 g/mol. The van der Waals surface area contributed by atoms with Crippen LogP contribution in [0.5, 0.6) is 0 Å². The summed E-state index contributed by atoms with van der Waals surface area (Å²) in [5.74, 6) is -0.445. The number of nitrogens with one attached hydrogen (secondary N) is 1. The fourth-order valence-electron chi connectivity index (χ4n) is 3.19. The van der Waals surface area contributed by atoms with E-state index in [9.17, 15) is 13.2 Å². The number of amides is 1. The Balaban J connectivity index is 1.70. The molecule has 0 saturated carbocycles. The number of nitrogens with zero attached hydrogens (tertiary/aromatic N) is 2. The zero-order valence-electron chi connectivity index (χ0n) is 16.0. The Morgan fingerprint density at radius 1 is 1.07 bits per heavy atom. The van der Waals surface area contributed by atoms with Gasteiger partial charge in [-0.3, -0.25) is 4.79 Å². The van der Waals surface area contributed by atoms with Crippen LogP contribution in [0.2, 0.25) is 5.02 Å². The standard InChI is InChI=1S/C20H24ClN3O3S/c1-3-23-10-12-24(13-11-23)16-6-4-15(5-7-16)22-20(25)18-14-17(28(2,26)27)8-9-19(18)21/h4-9,14H,3,10-13H2,1-2H3,(H,22,25). The van der Waals surface area contributed by atoms with Crippen molar-refractivity contribution >= 4 is 38.7 Å². The molecular formula is C20H24ClN3O3S. The van der Waals surface area contributed by atoms with Gasteiger partial charge in [0.15, 0.2) is 9.84 Å². The van der Waals surface area contributed by atoms with Crippen molar-refractivity contribution in [2.45, 2.75) is 11.8 Å². The molecule has 1 heterocycles. The largest absolute Gasteiger partial charge is 0.369 e. The first-order chi connectivity index (χ1) is 13.3. The normalized spacial score (nSPS) is 15.5. The summed E-state index contributed by atoms with van der Waals surface area (Å²) in [4.78, 5) is 17.4. The SMILES string of the molecule is CCN1CCN(c2ccc(NC(=O)c3cc(S(C)(=O)=O)ccc3Cl)cc2)CC1. The molecule has 0 radical (unpaired) electrons. The van der Waals surface area contributed by atoms with E-state index < -0.39 is 15.7 Å². The first kappa shape index (κ1) is 20.6. The number of piperazine rings is 1. The molecule has 0 aromatic heterocycles. The third-order valence-electron chi connectivity index (χ3n) is 4.92. The van der Waals surface area contributed by atoms with Crippen LogP contribution in [0, 0.1) is 0 Å². The van der Waals surface area contributed by atoms with E-state index in [1.54, 1.807) is 0 Å². The smallest absolute Gasteiger partial charge is 0.257 e. The molecule has 150 valence electrons. The van der Waals surface area contributed by atoms with E-state index in [1.807, 2.05) is 24.3 Å². The Morgan fingerprint density at radius 2 is 1.71 bits per heavy atom. The summed E-state index contributed by atoms with van der Waals surface area (Å²) >= 11 is 6.09. The van der Waals surface area contributed by atoms with Crippen LogP contribution in [0.15, 0.2) is 47.4 Å². The average molecular weight is 422 g/mol. The van der Waals surface area contributed by atoms with Gasteiger partial charge < -0.3 is 15.1 Å². The fraction of sp³-hybridized carbons (Fsp3) is 0.350. The van der Waals surface area contributed by atoms with Crippen LogP contribution in [0.25, 0.3) is 0 Å². The molecule has 2 aromatic rings. The molecule has 0 spiro atoms. The van der Waals surface area contributed by atoms with Crippen molar-refractivity contribution in [1.82, 2.24) is 4.90 Å². The lowest BCUT2D eigenvalue weighted by atomic mass is 10.2. The predicted molar refractivity (Wildman–Crippen MR) is 113 cm³/mol. The fourth-order valence-corrected chi connectivity index (χ4v) is 4.04. The second-order valence-electron chi connectivity index (χ2n) is 6.84. The van der Waals surface area contributed by atoms with Crippen LogP contribution in [0.4, 0.5) is 11.4 Å². The molecule has 8 heteroatoms. The summed E-state index contributed by atoms with van der Waals surface area (Å²) in [5, 5.41) is 2.98. The number of carbonyl (C=O) groups is 1. The molecule has 0 atom stereocenters. The van der Waals surface area contributed by atoms with Gasteiger partial charge in [-0.2, -0.15) is 0 Å². The Morgan fingerprint density at radius 3 is 2.29 bits per heavy atom. The van der Waals surface area contributed by atoms with Crippen molar-refractivity contribution in [2.75, 3.05) is 49.2 Å². The van der Waals surface area contributed by atoms with Gasteiger partial charge >= 0.3 is 0 Å². The molecule has 0 bridgehead atoms. The number of hydrogen-bond donors (Lipinski definition) is 1. The van der Waals surface area contributed by atoms with Crippen LogP contribution < -0.4 is 10.2 Å². The highest BCUT2D eigenvalue weighted by Crippen LogP contribution is 2.23. The third-order valence-corrected chi connectivity index (χ3v) is 6.36. The molecule has 1 saturated heterocycles. The minimum Gasteiger partial charge on any atom is -0.369 e. The lowest BCUT2D eigenvalue weighted by Crippen LogP contribution is -2.46. The molecule has 28 heavy (non-hydrogen) atoms. The summed E-state index contributed by atoms with van der Waals surface area (Å²) in [5.41, 5.74) is 1.87. The number of sulfone groups is 1. The zero-order chi connectivity index (χ0) is 20.3. The average Bonchev–Trinajstić information content (AvgIpc) is 2.68. The number of rotatable bonds is 5. The lowest BCUT2D eigenvalue weighted by Gasteiger charge is -2.35. The van der Waals surface area contributed by atoms with Crippen LogP contribution in [-0.4, -0.2) is 58.2 Å². The maximum absolute atomic E-state index is 12.6. The molecule has 6 nitrogen and oxygen atoms in total. The molecule has 1 aliphatic heterocycles. The Labute approximate surface area is 171 Å². The Kier molecular flexibility index (Phi) is 6.27. The molecule has 2 aromatic carbocycles. The van der Waals surface area contributed by atoms with Crippen LogP contribution in [0.1, 0.15) is 17.3 Å². The summed E-state index contributed by atoms with van der Waals surface area (Å²) in [6.45, 7) is 7.29. The second kappa shape index (κ2) is 8.51. The van der Waals surface area contributed by atoms with Crippen molar-refractivity contribution in [2.24, 2.45) is 0 Å². The number of likely N-dealkylation sites (N-methyl/N-ethyl adjacent to an activating group) is 1. The molecule has 0 aliphatic carbocycles. The summed E-state index contributed by atoms with van der Waals surface area (Å²) in [6, 6.07) is 11.8. The van der Waals surface area contributed by atoms with Crippen LogP contribution >= 0.6 is 11.6 Å². The summed E-state index contributed by atoms with van der Waals surface area (Å²) < 4.78 is 23.4. The van der Waals surface area contributed by atoms with Crippen molar-refractivity contribution in [3.8, 4) is 0 Å². The lowest BCUT2D eigenvalue weighted by molar-refractivity contribution is 0.102. The molecule has 1 N–H and O–H groups in total. The maximum Gasteiger partial charge on any atom is 0.257 e. The number of hydrogen-bond acceptors (Lipinski definition) is 5. The molecule has 3 rings (SSSR count). The van der Waals surface area contributed by atoms with Gasteiger partial charge in [-0.25, -0.2) is 8.42 Å². The topological polar surface area (TPSA) is 69.7 Å². The summed E-state index contributed by atoms with van der Waals surface area (Å²) in [7, 11) is -3.42. The van der Waals surface area contributed by atoms with E-state index in [0.717, 1.165) is 44.7 Å². The van der Waals surface area contributed by atoms with Crippen molar-refractivity contribution in [1.29, 1.82) is 0 Å². The van der Waals surface area contributed by atoms with Gasteiger partial charge in [0.2, 0.25) is 0 Å². The van der Waals surface area contributed by atoms with E-state index in [1.165, 1.54) is 18.2 Å². The molecule has 1 amide bonds. The molecule has 1 fully saturated rings. The van der Waals surface area contributed by atoms with Crippen molar-refractivity contribution < 1.29 is 13.2 Å². The predicted octanol–water partition coefficient (Wildman–Crippen LogP) is 3.14. The molecule has 0 unspecified atom stereocenters. The quantitative estimate of drug-likeness (QED) is 0.803. The monoisotopic (exact) mass is 421 g/mol. The minimum absolute atomic E-state index is 0.0589. The van der Waals surface area contributed by atoms with Gasteiger partial charge in [0.05, 0.1) is 15.5 Å². The third kappa shape index (κ3) is 4.84. The van der Waals surface area contributed by atoms with E-state index in [4.69, 9.17) is 11.6 Å². The van der Waals surface area contributed by atoms with Gasteiger partial charge in [-0.1, -0.05) is 18.5 Å². The number of halogens is 1. The highest BCUT2D eigenvalue weighted by molar-refractivity contribution is 7.90. The minimum atomic E-state index is -3.42. The van der Waals surface area contributed by atoms with E-state index in [2.05, 4.69) is 22.0 Å². The highest BCUT2D eigenvalue weighted by atomic mass is 35.5. The summed E-state index contributed by atoms with van der Waals surface area (Å²) in [6.07, 6.45) is 1.09. The van der Waals surface area contributed by atoms with Gasteiger partial charge in [-0.15, -0.1) is 0 Å². The van der Waals surface area contributed by atoms with Gasteiger partial charge in [0.25, 0.3) is 5.91 Å². The number of benzene rings is 2. The zero-order valence-corrected chi connectivity index (χ0v) is 17.6. The first-order valence-electron chi connectivity index (χ1n) is 9.16. The van der Waals surface area contributed by atoms with Crippen LogP contribution in [-0.2, 0) is 9.84 Å². The first-order valence-corrected chi connectivity index (χ1v) is 11.4. The number of anilines is 2. The highest BCUT2D eigenvalue weighted by Gasteiger charge is 2.17. The van der Waals surface area contributed by atoms with E-state index in [-0.39, 0.29) is 15.5 Å². The Hall–Kier alpha value is -2.09. The van der Waals surface area contributed by atoms with E-state index >= 15 is 0 Å². The van der Waals surface area contributed by atoms with Crippen molar-refractivity contribution in [3.63, 3.8) is 0 Å². The second-order valence-corrected chi connectivity index (χ2v) is 9.26. The van der Waals surface area contributed by atoms with Gasteiger partial charge in [0, 0.05) is 43.8 Å². The van der Waals surface area contributed by atoms with E-state index in [0.29, 0.717) is 5.69 Å².